The fourth-order valence-electron chi connectivity index (χ4n) is 1.40. The Hall–Kier alpha value is -1.06. The minimum atomic E-state index is -0.374. The van der Waals surface area contributed by atoms with Crippen molar-refractivity contribution in [3.05, 3.63) is 34.9 Å². The van der Waals surface area contributed by atoms with E-state index in [2.05, 4.69) is 12.2 Å². The van der Waals surface area contributed by atoms with Crippen LogP contribution in [-0.2, 0) is 4.74 Å². The summed E-state index contributed by atoms with van der Waals surface area (Å²) in [6, 6.07) is 6.89. The van der Waals surface area contributed by atoms with Gasteiger partial charge in [0.2, 0.25) is 0 Å². The van der Waals surface area contributed by atoms with Crippen molar-refractivity contribution in [2.45, 2.75) is 26.4 Å². The minimum absolute atomic E-state index is 0.162. The van der Waals surface area contributed by atoms with Gasteiger partial charge in [-0.1, -0.05) is 30.7 Å². The summed E-state index contributed by atoms with van der Waals surface area (Å²) in [6.45, 7) is 5.53. The highest BCUT2D eigenvalue weighted by Gasteiger charge is 2.14. The van der Waals surface area contributed by atoms with Crippen molar-refractivity contribution in [1.29, 1.82) is 0 Å². The lowest BCUT2D eigenvalue weighted by Crippen LogP contribution is -2.29. The van der Waals surface area contributed by atoms with Crippen LogP contribution in [0.5, 0.6) is 0 Å². The van der Waals surface area contributed by atoms with Crippen molar-refractivity contribution in [3.8, 4) is 0 Å². The Balaban J connectivity index is 2.46. The molecule has 0 amide bonds. The summed E-state index contributed by atoms with van der Waals surface area (Å²) in [4.78, 5) is 11.8. The van der Waals surface area contributed by atoms with Crippen LogP contribution in [0.25, 0.3) is 0 Å². The van der Waals surface area contributed by atoms with E-state index in [1.807, 2.05) is 6.92 Å². The monoisotopic (exact) mass is 255 g/mol. The van der Waals surface area contributed by atoms with Crippen LogP contribution in [0, 0.1) is 0 Å². The molecule has 4 heteroatoms. The van der Waals surface area contributed by atoms with Crippen LogP contribution in [0.4, 0.5) is 0 Å². The van der Waals surface area contributed by atoms with Crippen LogP contribution in [0.15, 0.2) is 24.3 Å². The summed E-state index contributed by atoms with van der Waals surface area (Å²) in [5.41, 5.74) is 0.413. The number of carbonyl (C=O) groups excluding carboxylic acids is 1. The zero-order valence-electron chi connectivity index (χ0n) is 10.2. The van der Waals surface area contributed by atoms with Gasteiger partial charge >= 0.3 is 5.97 Å². The van der Waals surface area contributed by atoms with E-state index in [0.717, 1.165) is 13.0 Å². The van der Waals surface area contributed by atoms with Crippen LogP contribution in [0.2, 0.25) is 5.02 Å². The topological polar surface area (TPSA) is 38.3 Å². The molecule has 17 heavy (non-hydrogen) atoms. The highest BCUT2D eigenvalue weighted by Crippen LogP contribution is 2.16. The average Bonchev–Trinajstić information content (AvgIpc) is 2.29. The van der Waals surface area contributed by atoms with Gasteiger partial charge in [-0.05, 0) is 32.0 Å². The molecular formula is C13H18ClNO2. The summed E-state index contributed by atoms with van der Waals surface area (Å²) < 4.78 is 5.28. The van der Waals surface area contributed by atoms with Gasteiger partial charge in [0.1, 0.15) is 6.10 Å². The van der Waals surface area contributed by atoms with E-state index in [1.165, 1.54) is 0 Å². The summed E-state index contributed by atoms with van der Waals surface area (Å²) in [6.07, 6.45) is 0.899. The van der Waals surface area contributed by atoms with Gasteiger partial charge in [-0.15, -0.1) is 0 Å². The average molecular weight is 256 g/mol. The molecule has 0 aliphatic rings. The Morgan fingerprint density at radius 1 is 1.47 bits per heavy atom. The van der Waals surface area contributed by atoms with Crippen molar-refractivity contribution < 1.29 is 9.53 Å². The van der Waals surface area contributed by atoms with E-state index in [4.69, 9.17) is 16.3 Å². The Kier molecular flexibility index (Phi) is 6.01. The minimum Gasteiger partial charge on any atom is -0.458 e. The molecule has 1 unspecified atom stereocenters. The molecule has 3 nitrogen and oxygen atoms in total. The maximum absolute atomic E-state index is 11.8. The molecule has 1 aromatic carbocycles. The number of hydrogen-bond donors (Lipinski definition) is 1. The predicted octanol–water partition coefficient (Wildman–Crippen LogP) is 2.88. The Morgan fingerprint density at radius 3 is 2.82 bits per heavy atom. The Morgan fingerprint density at radius 2 is 2.18 bits per heavy atom. The molecule has 0 aliphatic heterocycles. The number of nitrogens with one attached hydrogen (secondary N) is 1. The number of benzene rings is 1. The van der Waals surface area contributed by atoms with Crippen molar-refractivity contribution >= 4 is 17.6 Å². The summed E-state index contributed by atoms with van der Waals surface area (Å²) in [5.74, 6) is -0.374. The first kappa shape index (κ1) is 14.0. The van der Waals surface area contributed by atoms with Gasteiger partial charge < -0.3 is 10.1 Å². The molecule has 0 spiro atoms. The van der Waals surface area contributed by atoms with E-state index in [-0.39, 0.29) is 12.1 Å². The molecular weight excluding hydrogens is 238 g/mol. The first-order chi connectivity index (χ1) is 8.15. The third-order valence-corrected chi connectivity index (χ3v) is 2.59. The standard InChI is InChI=1S/C13H18ClNO2/c1-3-8-15-9-10(2)17-13(16)11-6-4-5-7-12(11)14/h4-7,10,15H,3,8-9H2,1-2H3. The smallest absolute Gasteiger partial charge is 0.339 e. The SMILES string of the molecule is CCCNCC(C)OC(=O)c1ccccc1Cl. The third-order valence-electron chi connectivity index (χ3n) is 2.26. The highest BCUT2D eigenvalue weighted by atomic mass is 35.5. The van der Waals surface area contributed by atoms with Crippen molar-refractivity contribution in [3.63, 3.8) is 0 Å². The number of rotatable bonds is 6. The number of carbonyl (C=O) groups is 1. The van der Waals surface area contributed by atoms with Crippen LogP contribution in [0.3, 0.4) is 0 Å². The van der Waals surface area contributed by atoms with Gasteiger partial charge in [0, 0.05) is 6.54 Å². The first-order valence-electron chi connectivity index (χ1n) is 5.81. The molecule has 1 aromatic rings. The van der Waals surface area contributed by atoms with Crippen molar-refractivity contribution in [2.75, 3.05) is 13.1 Å². The zero-order chi connectivity index (χ0) is 12.7. The van der Waals surface area contributed by atoms with Crippen LogP contribution in [0.1, 0.15) is 30.6 Å². The molecule has 0 fully saturated rings. The normalized spacial score (nSPS) is 12.2. The van der Waals surface area contributed by atoms with Gasteiger partial charge in [-0.3, -0.25) is 0 Å². The maximum atomic E-state index is 11.8. The van der Waals surface area contributed by atoms with E-state index in [9.17, 15) is 4.79 Å². The Labute approximate surface area is 107 Å². The summed E-state index contributed by atoms with van der Waals surface area (Å²) >= 11 is 5.91. The fraction of sp³-hybridized carbons (Fsp3) is 0.462. The molecule has 0 radical (unpaired) electrons. The lowest BCUT2D eigenvalue weighted by molar-refractivity contribution is 0.0343. The quantitative estimate of drug-likeness (QED) is 0.628. The van der Waals surface area contributed by atoms with Gasteiger partial charge in [0.05, 0.1) is 10.6 Å². The van der Waals surface area contributed by atoms with Gasteiger partial charge in [0.25, 0.3) is 0 Å². The van der Waals surface area contributed by atoms with E-state index >= 15 is 0 Å². The number of hydrogen-bond acceptors (Lipinski definition) is 3. The molecule has 0 saturated carbocycles. The van der Waals surface area contributed by atoms with Crippen LogP contribution >= 0.6 is 11.6 Å². The van der Waals surface area contributed by atoms with E-state index in [1.54, 1.807) is 24.3 Å². The summed E-state index contributed by atoms with van der Waals surface area (Å²) in [7, 11) is 0. The van der Waals surface area contributed by atoms with Gasteiger partial charge in [0.15, 0.2) is 0 Å². The molecule has 0 saturated heterocycles. The maximum Gasteiger partial charge on any atom is 0.339 e. The second-order valence-electron chi connectivity index (χ2n) is 3.90. The first-order valence-corrected chi connectivity index (χ1v) is 6.19. The molecule has 1 atom stereocenters. The zero-order valence-corrected chi connectivity index (χ0v) is 11.0. The summed E-state index contributed by atoms with van der Waals surface area (Å²) in [5, 5.41) is 3.62. The highest BCUT2D eigenvalue weighted by molar-refractivity contribution is 6.33. The molecule has 94 valence electrons. The molecule has 0 heterocycles. The molecule has 1 N–H and O–H groups in total. The molecule has 1 rings (SSSR count). The largest absolute Gasteiger partial charge is 0.458 e. The Bertz CT molecular complexity index is 368. The fourth-order valence-corrected chi connectivity index (χ4v) is 1.61. The van der Waals surface area contributed by atoms with E-state index in [0.29, 0.717) is 17.1 Å². The van der Waals surface area contributed by atoms with Crippen molar-refractivity contribution in [2.24, 2.45) is 0 Å². The second kappa shape index (κ2) is 7.30. The van der Waals surface area contributed by atoms with Gasteiger partial charge in [-0.25, -0.2) is 4.79 Å². The number of halogens is 1. The van der Waals surface area contributed by atoms with Gasteiger partial charge in [-0.2, -0.15) is 0 Å². The molecule has 0 bridgehead atoms. The lowest BCUT2D eigenvalue weighted by atomic mass is 10.2. The van der Waals surface area contributed by atoms with Crippen molar-refractivity contribution in [1.82, 2.24) is 5.32 Å². The lowest BCUT2D eigenvalue weighted by Gasteiger charge is -2.14. The number of ether oxygens (including phenoxy) is 1. The second-order valence-corrected chi connectivity index (χ2v) is 4.31. The van der Waals surface area contributed by atoms with Crippen LogP contribution < -0.4 is 5.32 Å². The molecule has 0 aromatic heterocycles. The third kappa shape index (κ3) is 4.75. The molecule has 0 aliphatic carbocycles. The van der Waals surface area contributed by atoms with Crippen LogP contribution in [-0.4, -0.2) is 25.2 Å². The number of esters is 1. The van der Waals surface area contributed by atoms with E-state index < -0.39 is 0 Å². The predicted molar refractivity (Wildman–Crippen MR) is 69.5 cm³/mol.